The Hall–Kier alpha value is -2.84. The van der Waals surface area contributed by atoms with Gasteiger partial charge < -0.3 is 21.1 Å². The summed E-state index contributed by atoms with van der Waals surface area (Å²) in [7, 11) is 0. The van der Waals surface area contributed by atoms with E-state index < -0.39 is 17.9 Å². The molecule has 0 spiro atoms. The average molecular weight is 521 g/mol. The van der Waals surface area contributed by atoms with E-state index in [0.717, 1.165) is 31.5 Å². The first kappa shape index (κ1) is 26.8. The van der Waals surface area contributed by atoms with Crippen LogP contribution in [0.4, 0.5) is 5.82 Å². The fourth-order valence-electron chi connectivity index (χ4n) is 4.28. The highest BCUT2D eigenvalue weighted by Crippen LogP contribution is 2.29. The van der Waals surface area contributed by atoms with E-state index in [4.69, 9.17) is 23.2 Å². The third-order valence-corrected chi connectivity index (χ3v) is 6.76. The fraction of sp³-hybridized carbons (Fsp3) is 0.440. The van der Waals surface area contributed by atoms with Crippen molar-refractivity contribution in [1.82, 2.24) is 15.6 Å². The van der Waals surface area contributed by atoms with Gasteiger partial charge >= 0.3 is 5.97 Å². The van der Waals surface area contributed by atoms with Crippen molar-refractivity contribution in [3.8, 4) is 0 Å². The quantitative estimate of drug-likeness (QED) is 0.323. The first-order chi connectivity index (χ1) is 16.8. The maximum absolute atomic E-state index is 12.6. The average Bonchev–Trinajstić information content (AvgIpc) is 2.83. The second-order valence-electron chi connectivity index (χ2n) is 8.73. The third-order valence-electron chi connectivity index (χ3n) is 6.13. The summed E-state index contributed by atoms with van der Waals surface area (Å²) >= 11 is 12.1. The van der Waals surface area contributed by atoms with E-state index in [1.165, 1.54) is 12.1 Å². The molecule has 1 aliphatic carbocycles. The molecular weight excluding hydrogens is 491 g/mol. The van der Waals surface area contributed by atoms with E-state index in [-0.39, 0.29) is 33.5 Å². The molecule has 4 N–H and O–H groups in total. The fourth-order valence-corrected chi connectivity index (χ4v) is 4.84. The number of pyridine rings is 1. The number of carbonyl (C=O) groups is 3. The predicted molar refractivity (Wildman–Crippen MR) is 136 cm³/mol. The number of carboxylic acids is 1. The van der Waals surface area contributed by atoms with Crippen LogP contribution < -0.4 is 16.0 Å². The van der Waals surface area contributed by atoms with Crippen LogP contribution >= 0.6 is 23.2 Å². The van der Waals surface area contributed by atoms with Gasteiger partial charge in [-0.05, 0) is 68.7 Å². The summed E-state index contributed by atoms with van der Waals surface area (Å²) < 4.78 is 0. The van der Waals surface area contributed by atoms with Gasteiger partial charge in [0.2, 0.25) is 5.91 Å². The number of anilines is 1. The molecule has 0 bridgehead atoms. The summed E-state index contributed by atoms with van der Waals surface area (Å²) in [5, 5.41) is 18.8. The summed E-state index contributed by atoms with van der Waals surface area (Å²) in [5.74, 6) is -0.766. The molecule has 188 valence electrons. The van der Waals surface area contributed by atoms with E-state index in [1.54, 1.807) is 12.3 Å². The van der Waals surface area contributed by atoms with Crippen LogP contribution in [0.1, 0.15) is 55.3 Å². The summed E-state index contributed by atoms with van der Waals surface area (Å²) in [6.45, 7) is 0.666. The van der Waals surface area contributed by atoms with E-state index in [9.17, 15) is 19.5 Å². The Kier molecular flexibility index (Phi) is 10.2. The number of aliphatic carboxylic acids is 1. The number of carbonyl (C=O) groups excluding carboxylic acids is 2. The Balaban J connectivity index is 1.39. The monoisotopic (exact) mass is 520 g/mol. The number of benzene rings is 1. The van der Waals surface area contributed by atoms with Crippen LogP contribution in [0.2, 0.25) is 10.0 Å². The first-order valence-corrected chi connectivity index (χ1v) is 12.5. The normalized spacial score (nSPS) is 18.3. The van der Waals surface area contributed by atoms with E-state index in [0.29, 0.717) is 25.8 Å². The molecule has 1 aliphatic rings. The van der Waals surface area contributed by atoms with Crippen molar-refractivity contribution in [1.29, 1.82) is 0 Å². The van der Waals surface area contributed by atoms with Crippen molar-refractivity contribution < 1.29 is 19.5 Å². The Labute approximate surface area is 214 Å². The number of hydrogen-bond acceptors (Lipinski definition) is 5. The van der Waals surface area contributed by atoms with E-state index >= 15 is 0 Å². The molecule has 0 radical (unpaired) electrons. The molecule has 0 saturated heterocycles. The van der Waals surface area contributed by atoms with Gasteiger partial charge in [-0.2, -0.15) is 0 Å². The minimum Gasteiger partial charge on any atom is -0.480 e. The van der Waals surface area contributed by atoms with Gasteiger partial charge in [0.15, 0.2) is 0 Å². The summed E-state index contributed by atoms with van der Waals surface area (Å²) in [5.41, 5.74) is 0.0729. The van der Waals surface area contributed by atoms with Crippen LogP contribution in [-0.4, -0.2) is 46.5 Å². The van der Waals surface area contributed by atoms with Crippen LogP contribution in [0, 0.1) is 5.92 Å². The van der Waals surface area contributed by atoms with Crippen LogP contribution in [0.5, 0.6) is 0 Å². The van der Waals surface area contributed by atoms with Crippen molar-refractivity contribution in [2.24, 2.45) is 5.92 Å². The van der Waals surface area contributed by atoms with Crippen LogP contribution in [0.25, 0.3) is 0 Å². The number of halogens is 2. The Bertz CT molecular complexity index is 994. The van der Waals surface area contributed by atoms with Crippen molar-refractivity contribution in [3.63, 3.8) is 0 Å². The molecule has 1 fully saturated rings. The van der Waals surface area contributed by atoms with Gasteiger partial charge in [-0.15, -0.1) is 0 Å². The molecule has 2 amide bonds. The molecule has 1 atom stereocenters. The van der Waals surface area contributed by atoms with Gasteiger partial charge in [0, 0.05) is 25.2 Å². The third kappa shape index (κ3) is 8.40. The standard InChI is InChI=1S/C25H30Cl2N4O4/c26-18-5-3-6-19(27)23(18)24(33)31-20(25(34)35)15-16-9-11-17(12-10-16)30-22(32)8-4-14-29-21-7-1-2-13-28-21/h1-3,5-7,13,16-17,20H,4,8-12,14-15H2,(H,28,29)(H,30,32)(H,31,33)(H,34,35)/t16?,17?,20-/m0/s1. The van der Waals surface area contributed by atoms with Crippen LogP contribution in [-0.2, 0) is 9.59 Å². The minimum absolute atomic E-state index is 0.0172. The number of carboxylic acid groups (broad SMARTS) is 1. The molecule has 8 nitrogen and oxygen atoms in total. The lowest BCUT2D eigenvalue weighted by Gasteiger charge is -2.30. The lowest BCUT2D eigenvalue weighted by molar-refractivity contribution is -0.139. The summed E-state index contributed by atoms with van der Waals surface area (Å²) in [6.07, 6.45) is 6.26. The van der Waals surface area contributed by atoms with Crippen LogP contribution in [0.3, 0.4) is 0 Å². The molecule has 2 aromatic rings. The van der Waals surface area contributed by atoms with Gasteiger partial charge in [0.05, 0.1) is 15.6 Å². The Morgan fingerprint density at radius 2 is 1.74 bits per heavy atom. The molecule has 0 aliphatic heterocycles. The molecule has 1 aromatic carbocycles. The second-order valence-corrected chi connectivity index (χ2v) is 9.54. The minimum atomic E-state index is -1.10. The maximum atomic E-state index is 12.6. The number of nitrogens with zero attached hydrogens (tertiary/aromatic N) is 1. The van der Waals surface area contributed by atoms with Crippen molar-refractivity contribution >= 4 is 46.8 Å². The van der Waals surface area contributed by atoms with Crippen molar-refractivity contribution in [2.75, 3.05) is 11.9 Å². The molecule has 1 aromatic heterocycles. The predicted octanol–water partition coefficient (Wildman–Crippen LogP) is 4.53. The number of hydrogen-bond donors (Lipinski definition) is 4. The summed E-state index contributed by atoms with van der Waals surface area (Å²) in [4.78, 5) is 40.9. The smallest absolute Gasteiger partial charge is 0.326 e. The van der Waals surface area contributed by atoms with Gasteiger partial charge in [-0.3, -0.25) is 9.59 Å². The topological polar surface area (TPSA) is 120 Å². The Morgan fingerprint density at radius 1 is 1.03 bits per heavy atom. The van der Waals surface area contributed by atoms with Gasteiger partial charge in [-0.25, -0.2) is 9.78 Å². The molecule has 0 unspecified atom stereocenters. The summed E-state index contributed by atoms with van der Waals surface area (Å²) in [6, 6.07) is 9.36. The number of rotatable bonds is 11. The van der Waals surface area contributed by atoms with Gasteiger partial charge in [0.1, 0.15) is 11.9 Å². The molecule has 1 heterocycles. The highest BCUT2D eigenvalue weighted by molar-refractivity contribution is 6.39. The van der Waals surface area contributed by atoms with Crippen molar-refractivity contribution in [2.45, 2.75) is 57.0 Å². The lowest BCUT2D eigenvalue weighted by atomic mass is 9.82. The van der Waals surface area contributed by atoms with E-state index in [2.05, 4.69) is 20.9 Å². The molecule has 1 saturated carbocycles. The lowest BCUT2D eigenvalue weighted by Crippen LogP contribution is -2.43. The first-order valence-electron chi connectivity index (χ1n) is 11.8. The molecule has 3 rings (SSSR count). The van der Waals surface area contributed by atoms with E-state index in [1.807, 2.05) is 18.2 Å². The van der Waals surface area contributed by atoms with Gasteiger partial charge in [0.25, 0.3) is 5.91 Å². The molecule has 10 heteroatoms. The SMILES string of the molecule is O=C(CCCNc1ccccn1)NC1CCC(C[C@H](NC(=O)c2c(Cl)cccc2Cl)C(=O)O)CC1. The zero-order chi connectivity index (χ0) is 25.2. The molecular formula is C25H30Cl2N4O4. The van der Waals surface area contributed by atoms with Gasteiger partial charge in [-0.1, -0.05) is 35.3 Å². The number of nitrogens with one attached hydrogen (secondary N) is 3. The number of amides is 2. The second kappa shape index (κ2) is 13.3. The highest BCUT2D eigenvalue weighted by Gasteiger charge is 2.29. The maximum Gasteiger partial charge on any atom is 0.326 e. The Morgan fingerprint density at radius 3 is 2.37 bits per heavy atom. The molecule has 35 heavy (non-hydrogen) atoms. The zero-order valence-electron chi connectivity index (χ0n) is 19.3. The number of aromatic nitrogens is 1. The van der Waals surface area contributed by atoms with Crippen LogP contribution in [0.15, 0.2) is 42.6 Å². The zero-order valence-corrected chi connectivity index (χ0v) is 20.8. The largest absolute Gasteiger partial charge is 0.480 e. The highest BCUT2D eigenvalue weighted by atomic mass is 35.5. The van der Waals surface area contributed by atoms with Crippen molar-refractivity contribution in [3.05, 3.63) is 58.2 Å².